The van der Waals surface area contributed by atoms with Crippen molar-refractivity contribution in [3.05, 3.63) is 158 Å². The van der Waals surface area contributed by atoms with E-state index in [-0.39, 0.29) is 11.4 Å². The lowest BCUT2D eigenvalue weighted by Gasteiger charge is -2.14. The van der Waals surface area contributed by atoms with Gasteiger partial charge in [-0.2, -0.15) is 0 Å². The largest absolute Gasteiger partial charge is 0.464 e. The average Bonchev–Trinajstić information content (AvgIpc) is 3.17. The Hall–Kier alpha value is -5.70. The van der Waals surface area contributed by atoms with Gasteiger partial charge in [0.1, 0.15) is 0 Å². The van der Waals surface area contributed by atoms with E-state index in [2.05, 4.69) is 24.3 Å². The number of carbonyl (C=O) groups is 2. The minimum absolute atomic E-state index is 0.276. The summed E-state index contributed by atoms with van der Waals surface area (Å²) in [6.07, 6.45) is 0. The molecule has 6 aromatic rings. The fraction of sp³-hybridized carbons (Fsp3) is 0.0476. The number of hydrogen-bond acceptors (Lipinski definition) is 8. The molecule has 0 fully saturated rings. The Morgan fingerprint density at radius 2 is 0.740 bits per heavy atom. The van der Waals surface area contributed by atoms with E-state index >= 15 is 0 Å². The molecule has 0 unspecified atom stereocenters. The van der Waals surface area contributed by atoms with Crippen molar-refractivity contribution in [3.8, 4) is 22.3 Å². The van der Waals surface area contributed by atoms with Crippen molar-refractivity contribution in [1.29, 1.82) is 0 Å². The van der Waals surface area contributed by atoms with Crippen molar-refractivity contribution >= 4 is 58.3 Å². The SMILES string of the molecule is COC(=O)C(=Nc1ccccc1-c1ccccc1Sc1ccccc1)C(=Nc1ccccc1-c1ccccc1Sc1ccccc1)C(=O)OC. The van der Waals surface area contributed by atoms with Crippen LogP contribution in [0.2, 0.25) is 0 Å². The highest BCUT2D eigenvalue weighted by molar-refractivity contribution is 7.99. The summed E-state index contributed by atoms with van der Waals surface area (Å²) in [6, 6.07) is 51.1. The first kappa shape index (κ1) is 34.2. The first-order chi connectivity index (χ1) is 24.6. The summed E-state index contributed by atoms with van der Waals surface area (Å²) in [5, 5.41) is 0. The Morgan fingerprint density at radius 1 is 0.420 bits per heavy atom. The van der Waals surface area contributed by atoms with E-state index in [0.717, 1.165) is 41.8 Å². The lowest BCUT2D eigenvalue weighted by atomic mass is 10.0. The molecule has 0 radical (unpaired) electrons. The van der Waals surface area contributed by atoms with Gasteiger partial charge in [0.25, 0.3) is 0 Å². The third-order valence-corrected chi connectivity index (χ3v) is 9.72. The second-order valence-electron chi connectivity index (χ2n) is 10.8. The van der Waals surface area contributed by atoms with Gasteiger partial charge < -0.3 is 9.47 Å². The highest BCUT2D eigenvalue weighted by Gasteiger charge is 2.28. The number of esters is 2. The third-order valence-electron chi connectivity index (χ3n) is 7.55. The molecule has 0 saturated carbocycles. The molecule has 50 heavy (non-hydrogen) atoms. The van der Waals surface area contributed by atoms with Gasteiger partial charge in [-0.1, -0.05) is 133 Å². The summed E-state index contributed by atoms with van der Waals surface area (Å²) in [5.41, 5.74) is 3.74. The third kappa shape index (κ3) is 8.11. The Bertz CT molecular complexity index is 2030. The van der Waals surface area contributed by atoms with E-state index in [9.17, 15) is 9.59 Å². The number of para-hydroxylation sites is 2. The monoisotopic (exact) mass is 692 g/mol. The van der Waals surface area contributed by atoms with Crippen molar-refractivity contribution in [2.75, 3.05) is 14.2 Å². The zero-order valence-electron chi connectivity index (χ0n) is 27.4. The van der Waals surface area contributed by atoms with Gasteiger partial charge in [0.15, 0.2) is 11.4 Å². The zero-order valence-corrected chi connectivity index (χ0v) is 29.0. The van der Waals surface area contributed by atoms with Gasteiger partial charge in [0, 0.05) is 30.7 Å². The Balaban J connectivity index is 1.48. The van der Waals surface area contributed by atoms with Crippen LogP contribution in [0.5, 0.6) is 0 Å². The molecule has 6 aromatic carbocycles. The molecule has 0 aromatic heterocycles. The number of carbonyl (C=O) groups excluding carboxylic acids is 2. The molecule has 0 bridgehead atoms. The first-order valence-electron chi connectivity index (χ1n) is 15.7. The summed E-state index contributed by atoms with van der Waals surface area (Å²) >= 11 is 3.25. The maximum atomic E-state index is 13.5. The Morgan fingerprint density at radius 3 is 1.12 bits per heavy atom. The highest BCUT2D eigenvalue weighted by Crippen LogP contribution is 2.41. The van der Waals surface area contributed by atoms with Crippen LogP contribution in [0.1, 0.15) is 0 Å². The predicted molar refractivity (Wildman–Crippen MR) is 203 cm³/mol. The van der Waals surface area contributed by atoms with E-state index in [1.807, 2.05) is 121 Å². The van der Waals surface area contributed by atoms with Gasteiger partial charge in [-0.15, -0.1) is 0 Å². The zero-order chi connectivity index (χ0) is 34.7. The first-order valence-corrected chi connectivity index (χ1v) is 17.4. The van der Waals surface area contributed by atoms with E-state index in [1.165, 1.54) is 14.2 Å². The number of hydrogen-bond donors (Lipinski definition) is 0. The normalized spacial score (nSPS) is 11.6. The molecular formula is C42H32N2O4S2. The number of benzene rings is 6. The van der Waals surface area contributed by atoms with Crippen LogP contribution in [0.25, 0.3) is 22.3 Å². The number of nitrogens with zero attached hydrogens (tertiary/aromatic N) is 2. The van der Waals surface area contributed by atoms with Gasteiger partial charge in [0.2, 0.25) is 0 Å². The molecular weight excluding hydrogens is 661 g/mol. The maximum Gasteiger partial charge on any atom is 0.359 e. The van der Waals surface area contributed by atoms with E-state index in [4.69, 9.17) is 19.5 Å². The van der Waals surface area contributed by atoms with E-state index in [0.29, 0.717) is 11.4 Å². The molecule has 0 aliphatic carbocycles. The number of ether oxygens (including phenoxy) is 2. The minimum Gasteiger partial charge on any atom is -0.464 e. The molecule has 0 spiro atoms. The number of methoxy groups -OCH3 is 2. The highest BCUT2D eigenvalue weighted by atomic mass is 32.2. The molecule has 6 nitrogen and oxygen atoms in total. The molecule has 0 heterocycles. The van der Waals surface area contributed by atoms with Crippen LogP contribution in [-0.4, -0.2) is 37.6 Å². The maximum absolute atomic E-state index is 13.5. The molecule has 0 aliphatic rings. The van der Waals surface area contributed by atoms with Crippen LogP contribution in [0.4, 0.5) is 11.4 Å². The molecule has 6 rings (SSSR count). The minimum atomic E-state index is -0.826. The average molecular weight is 693 g/mol. The van der Waals surface area contributed by atoms with E-state index in [1.54, 1.807) is 35.7 Å². The van der Waals surface area contributed by atoms with Crippen molar-refractivity contribution in [3.63, 3.8) is 0 Å². The summed E-state index contributed by atoms with van der Waals surface area (Å²) in [7, 11) is 2.49. The number of rotatable bonds is 11. The van der Waals surface area contributed by atoms with Crippen molar-refractivity contribution < 1.29 is 19.1 Å². The molecule has 0 aliphatic heterocycles. The van der Waals surface area contributed by atoms with E-state index < -0.39 is 11.9 Å². The number of aliphatic imine (C=N–C) groups is 2. The van der Waals surface area contributed by atoms with Crippen LogP contribution in [0.3, 0.4) is 0 Å². The quantitative estimate of drug-likeness (QED) is 0.0994. The summed E-state index contributed by atoms with van der Waals surface area (Å²) in [6.45, 7) is 0. The van der Waals surface area contributed by atoms with Crippen molar-refractivity contribution in [2.45, 2.75) is 19.6 Å². The van der Waals surface area contributed by atoms with Gasteiger partial charge in [0.05, 0.1) is 25.6 Å². The standard InChI is InChI=1S/C42H32N2O4S2/c1-47-41(45)39(43-35-25-13-9-21-31(35)33-23-11-15-27-37(33)49-29-17-5-3-6-18-29)40(42(46)48-2)44-36-26-14-10-22-32(36)34-24-12-16-28-38(34)50-30-19-7-4-8-20-30/h3-28H,1-2H3. The Kier molecular flexibility index (Phi) is 11.4. The fourth-order valence-electron chi connectivity index (χ4n) is 5.21. The van der Waals surface area contributed by atoms with Crippen LogP contribution in [-0.2, 0) is 19.1 Å². The smallest absolute Gasteiger partial charge is 0.359 e. The van der Waals surface area contributed by atoms with Gasteiger partial charge in [-0.05, 0) is 59.7 Å². The molecule has 0 N–H and O–H groups in total. The van der Waals surface area contributed by atoms with Gasteiger partial charge in [-0.25, -0.2) is 19.6 Å². The van der Waals surface area contributed by atoms with Crippen molar-refractivity contribution in [1.82, 2.24) is 0 Å². The second kappa shape index (κ2) is 16.6. The van der Waals surface area contributed by atoms with Crippen LogP contribution in [0.15, 0.2) is 187 Å². The topological polar surface area (TPSA) is 77.3 Å². The molecule has 0 amide bonds. The molecule has 0 atom stereocenters. The van der Waals surface area contributed by atoms with Gasteiger partial charge >= 0.3 is 11.9 Å². The Labute approximate surface area is 299 Å². The summed E-state index contributed by atoms with van der Waals surface area (Å²) < 4.78 is 10.4. The van der Waals surface area contributed by atoms with Crippen LogP contribution < -0.4 is 0 Å². The summed E-state index contributed by atoms with van der Waals surface area (Å²) in [4.78, 5) is 40.7. The van der Waals surface area contributed by atoms with Crippen LogP contribution in [0, 0.1) is 0 Å². The van der Waals surface area contributed by atoms with Crippen LogP contribution >= 0.6 is 23.5 Å². The lowest BCUT2D eigenvalue weighted by molar-refractivity contribution is -0.134. The molecule has 246 valence electrons. The lowest BCUT2D eigenvalue weighted by Crippen LogP contribution is -2.32. The summed E-state index contributed by atoms with van der Waals surface area (Å²) in [5.74, 6) is -1.65. The fourth-order valence-corrected chi connectivity index (χ4v) is 7.17. The predicted octanol–water partition coefficient (Wildman–Crippen LogP) is 10.5. The second-order valence-corrected chi connectivity index (χ2v) is 13.0. The molecule has 0 saturated heterocycles. The van der Waals surface area contributed by atoms with Crippen molar-refractivity contribution in [2.24, 2.45) is 9.98 Å². The molecule has 8 heteroatoms. The van der Waals surface area contributed by atoms with Gasteiger partial charge in [-0.3, -0.25) is 0 Å².